The highest BCUT2D eigenvalue weighted by atomic mass is 35.5. The van der Waals surface area contributed by atoms with Crippen LogP contribution < -0.4 is 10.4 Å². The first-order valence-corrected chi connectivity index (χ1v) is 22.7. The summed E-state index contributed by atoms with van der Waals surface area (Å²) in [6.07, 6.45) is 2.56. The molecule has 0 aliphatic carbocycles. The number of hydrogen-bond donors (Lipinski definition) is 3. The van der Waals surface area contributed by atoms with Gasteiger partial charge in [0.1, 0.15) is 45.5 Å². The van der Waals surface area contributed by atoms with Crippen LogP contribution >= 0.6 is 35.0 Å². The molecule has 0 saturated carbocycles. The number of carbonyl (C=O) groups is 3. The van der Waals surface area contributed by atoms with Gasteiger partial charge in [0.15, 0.2) is 6.04 Å². The lowest BCUT2D eigenvalue weighted by molar-refractivity contribution is -0.248. The number of aromatic amines is 2. The molecule has 3 amide bonds. The second-order valence-corrected chi connectivity index (χ2v) is 17.3. The molecule has 2 unspecified atom stereocenters. The molecular formula is C47H45Cl2N8O6S-. The van der Waals surface area contributed by atoms with Crippen molar-refractivity contribution in [1.29, 1.82) is 0 Å². The molecule has 64 heavy (non-hydrogen) atoms. The van der Waals surface area contributed by atoms with Gasteiger partial charge in [-0.25, -0.2) is 14.8 Å². The van der Waals surface area contributed by atoms with E-state index in [2.05, 4.69) is 20.3 Å². The Hall–Kier alpha value is -6.29. The van der Waals surface area contributed by atoms with E-state index in [0.717, 1.165) is 28.7 Å². The minimum Gasteiger partial charge on any atom is -0.604 e. The third-order valence-electron chi connectivity index (χ3n) is 11.6. The number of ether oxygens (including phenoxy) is 2. The molecule has 0 radical (unpaired) electrons. The third kappa shape index (κ3) is 9.33. The summed E-state index contributed by atoms with van der Waals surface area (Å²) in [5, 5.41) is 15.8. The number of nitrogens with zero attached hydrogens (tertiary/aromatic N) is 5. The molecule has 0 bridgehead atoms. The van der Waals surface area contributed by atoms with Crippen LogP contribution in [0.5, 0.6) is 0 Å². The van der Waals surface area contributed by atoms with Crippen LogP contribution in [0.25, 0.3) is 33.6 Å². The van der Waals surface area contributed by atoms with E-state index in [1.165, 1.54) is 14.2 Å². The molecule has 2 saturated heterocycles. The number of hydrogen-bond acceptors (Lipinski definition) is 10. The van der Waals surface area contributed by atoms with Crippen LogP contribution in [-0.4, -0.2) is 92.5 Å². The average molecular weight is 921 g/mol. The molecule has 6 aromatic rings. The van der Waals surface area contributed by atoms with Gasteiger partial charge in [-0.05, 0) is 54.9 Å². The van der Waals surface area contributed by atoms with E-state index in [1.54, 1.807) is 58.0 Å². The molecule has 2 fully saturated rings. The molecule has 8 rings (SSSR count). The summed E-state index contributed by atoms with van der Waals surface area (Å²) in [7, 11) is 2.50. The summed E-state index contributed by atoms with van der Waals surface area (Å²) < 4.78 is 9.64. The number of likely N-dealkylation sites (tertiary alicyclic amines) is 2. The summed E-state index contributed by atoms with van der Waals surface area (Å²) in [5.41, 5.74) is 5.86. The SMILES string of the molecule is COC(=O)NC(C(=O)N1CCC[C@H]1c1nc(-c2ccc(-c3ccc(-c4nc([C@@H]5C[C@H](SC)CN5C(=O)C(N=C([O-])OC)c5ccccc5)[nH]c4Cl)cc3)cc2)c(Cl)[nH]1)c1ccccc1. The lowest BCUT2D eigenvalue weighted by Crippen LogP contribution is -2.42. The standard InChI is InChI=1S/C47H46Cl2N8O6S/c1-62-46(60)52-38(29-11-6-4-7-12-29)44(58)56-24-10-15-34(56)42-50-36(40(48)54-42)31-20-16-27(17-21-31)28-18-22-32(23-19-28)37-41(49)55-43(51-37)35-25-33(64-3)26-57(35)45(59)39(53-47(61)63-2)30-13-8-5-9-14-30/h4-9,11-14,16-23,33-35,38-39H,10,15,24-26H2,1-3H3,(H,50,54)(H,51,55)(H,52,60)(H,53,61)/p-1/t33-,34-,35-,38?,39?/m0/s1. The number of carbonyl (C=O) groups excluding carboxylic acids is 3. The minimum atomic E-state index is -1.07. The summed E-state index contributed by atoms with van der Waals surface area (Å²) in [5.74, 6) is 0.525. The zero-order valence-electron chi connectivity index (χ0n) is 35.2. The Morgan fingerprint density at radius 1 is 0.750 bits per heavy atom. The van der Waals surface area contributed by atoms with E-state index in [1.807, 2.05) is 79.1 Å². The number of methoxy groups -OCH3 is 2. The summed E-state index contributed by atoms with van der Waals surface area (Å²) in [6.45, 7) is 0.946. The highest BCUT2D eigenvalue weighted by molar-refractivity contribution is 7.99. The molecule has 3 N–H and O–H groups in total. The van der Waals surface area contributed by atoms with Crippen molar-refractivity contribution < 1.29 is 29.0 Å². The van der Waals surface area contributed by atoms with Crippen molar-refractivity contribution in [1.82, 2.24) is 35.1 Å². The highest BCUT2D eigenvalue weighted by Gasteiger charge is 2.41. The molecule has 2 aliphatic rings. The molecule has 4 aromatic carbocycles. The van der Waals surface area contributed by atoms with Crippen molar-refractivity contribution in [3.63, 3.8) is 0 Å². The Kier molecular flexibility index (Phi) is 13.6. The fourth-order valence-corrected chi connectivity index (χ4v) is 9.54. The maximum atomic E-state index is 14.2. The van der Waals surface area contributed by atoms with Crippen LogP contribution in [-0.2, 0) is 19.1 Å². The Morgan fingerprint density at radius 3 is 1.81 bits per heavy atom. The van der Waals surface area contributed by atoms with Crippen LogP contribution in [0.4, 0.5) is 4.79 Å². The number of thioether (sulfide) groups is 1. The Bertz CT molecular complexity index is 2630. The third-order valence-corrected chi connectivity index (χ3v) is 13.2. The largest absolute Gasteiger partial charge is 0.604 e. The van der Waals surface area contributed by atoms with Gasteiger partial charge in [0.25, 0.3) is 11.8 Å². The first-order chi connectivity index (χ1) is 31.1. The molecule has 4 heterocycles. The van der Waals surface area contributed by atoms with Gasteiger partial charge < -0.3 is 39.7 Å². The summed E-state index contributed by atoms with van der Waals surface area (Å²) in [6, 6.07) is 31.0. The monoisotopic (exact) mass is 919 g/mol. The molecule has 2 aromatic heterocycles. The van der Waals surface area contributed by atoms with E-state index in [9.17, 15) is 19.5 Å². The van der Waals surface area contributed by atoms with Crippen molar-refractivity contribution >= 4 is 59.0 Å². The normalized spacial score (nSPS) is 18.5. The summed E-state index contributed by atoms with van der Waals surface area (Å²) in [4.78, 5) is 64.3. The van der Waals surface area contributed by atoms with Crippen molar-refractivity contribution in [3.8, 4) is 33.6 Å². The number of nitrogens with one attached hydrogen (secondary N) is 3. The maximum absolute atomic E-state index is 14.2. The van der Waals surface area contributed by atoms with Gasteiger partial charge in [-0.1, -0.05) is 132 Å². The fraction of sp³-hybridized carbons (Fsp3) is 0.277. The van der Waals surface area contributed by atoms with Crippen molar-refractivity contribution in [3.05, 3.63) is 142 Å². The minimum absolute atomic E-state index is 0.136. The van der Waals surface area contributed by atoms with Crippen LogP contribution in [0.3, 0.4) is 0 Å². The Morgan fingerprint density at radius 2 is 1.28 bits per heavy atom. The molecule has 330 valence electrons. The second kappa shape index (κ2) is 19.6. The molecule has 17 heteroatoms. The number of rotatable bonds is 12. The van der Waals surface area contributed by atoms with Crippen LogP contribution in [0.1, 0.15) is 66.2 Å². The first kappa shape index (κ1) is 44.3. The Balaban J connectivity index is 0.977. The lowest BCUT2D eigenvalue weighted by Gasteiger charge is -2.28. The predicted octanol–water partition coefficient (Wildman–Crippen LogP) is 8.31. The number of H-pyrrole nitrogens is 2. The van der Waals surface area contributed by atoms with Gasteiger partial charge in [0.2, 0.25) is 0 Å². The van der Waals surface area contributed by atoms with Gasteiger partial charge in [0.05, 0.1) is 19.2 Å². The predicted molar refractivity (Wildman–Crippen MR) is 245 cm³/mol. The topological polar surface area (TPSA) is 181 Å². The number of amides is 3. The second-order valence-electron chi connectivity index (χ2n) is 15.4. The van der Waals surface area contributed by atoms with Crippen LogP contribution in [0.2, 0.25) is 10.3 Å². The number of alkyl carbamates (subject to hydrolysis) is 1. The maximum Gasteiger partial charge on any atom is 0.407 e. The van der Waals surface area contributed by atoms with Gasteiger partial charge in [0, 0.05) is 29.5 Å². The van der Waals surface area contributed by atoms with Crippen LogP contribution in [0.15, 0.2) is 114 Å². The van der Waals surface area contributed by atoms with Crippen molar-refractivity contribution in [2.24, 2.45) is 4.99 Å². The van der Waals surface area contributed by atoms with Crippen molar-refractivity contribution in [2.75, 3.05) is 33.6 Å². The number of halogens is 2. The number of imidazole rings is 2. The molecular weight excluding hydrogens is 876 g/mol. The fourth-order valence-electron chi connectivity index (χ4n) is 8.36. The van der Waals surface area contributed by atoms with E-state index in [0.29, 0.717) is 70.4 Å². The number of aliphatic imine (C=N–C) groups is 1. The molecule has 14 nitrogen and oxygen atoms in total. The van der Waals surface area contributed by atoms with Gasteiger partial charge in [-0.2, -0.15) is 11.8 Å². The quantitative estimate of drug-likeness (QED) is 0.0804. The van der Waals surface area contributed by atoms with E-state index in [4.69, 9.17) is 42.6 Å². The average Bonchev–Trinajstić information content (AvgIpc) is 4.16. The first-order valence-electron chi connectivity index (χ1n) is 20.7. The molecule has 5 atom stereocenters. The lowest BCUT2D eigenvalue weighted by atomic mass is 10.0. The smallest absolute Gasteiger partial charge is 0.407 e. The van der Waals surface area contributed by atoms with E-state index in [-0.39, 0.29) is 23.1 Å². The van der Waals surface area contributed by atoms with E-state index >= 15 is 0 Å². The Labute approximate surface area is 384 Å². The van der Waals surface area contributed by atoms with Gasteiger partial charge in [-0.15, -0.1) is 0 Å². The zero-order chi connectivity index (χ0) is 44.9. The highest BCUT2D eigenvalue weighted by Crippen LogP contribution is 2.41. The number of benzene rings is 4. The number of aromatic nitrogens is 4. The van der Waals surface area contributed by atoms with E-state index < -0.39 is 30.3 Å². The zero-order valence-corrected chi connectivity index (χ0v) is 37.5. The van der Waals surface area contributed by atoms with Crippen LogP contribution in [0, 0.1) is 0 Å². The molecule has 0 spiro atoms. The molecule has 2 aliphatic heterocycles. The van der Waals surface area contributed by atoms with Gasteiger partial charge >= 0.3 is 6.09 Å². The van der Waals surface area contributed by atoms with Gasteiger partial charge in [-0.3, -0.25) is 14.6 Å². The van der Waals surface area contributed by atoms with Crippen molar-refractivity contribution in [2.45, 2.75) is 48.7 Å². The summed E-state index contributed by atoms with van der Waals surface area (Å²) >= 11 is 15.2.